The van der Waals surface area contributed by atoms with E-state index in [1.165, 1.54) is 6.08 Å². The van der Waals surface area contributed by atoms with Gasteiger partial charge in [-0.1, -0.05) is 6.07 Å². The number of hydrogen-bond donors (Lipinski definition) is 0. The van der Waals surface area contributed by atoms with Crippen LogP contribution in [0.25, 0.3) is 0 Å². The standard InChI is InChI=1S/C11H14N2O/c1-9-4-5-10(12-8-9)11(14)6-7-13(2)3/h4-8H,1-3H3. The summed E-state index contributed by atoms with van der Waals surface area (Å²) in [6, 6.07) is 3.61. The molecule has 3 heteroatoms. The molecule has 1 heterocycles. The molecule has 0 amide bonds. The van der Waals surface area contributed by atoms with Crippen LogP contribution in [0.1, 0.15) is 16.1 Å². The van der Waals surface area contributed by atoms with Crippen LogP contribution in [0.5, 0.6) is 0 Å². The van der Waals surface area contributed by atoms with Crippen LogP contribution < -0.4 is 0 Å². The summed E-state index contributed by atoms with van der Waals surface area (Å²) in [4.78, 5) is 17.3. The van der Waals surface area contributed by atoms with Crippen molar-refractivity contribution >= 4 is 5.78 Å². The average Bonchev–Trinajstić information content (AvgIpc) is 2.15. The van der Waals surface area contributed by atoms with Gasteiger partial charge in [-0.25, -0.2) is 0 Å². The number of aromatic nitrogens is 1. The van der Waals surface area contributed by atoms with Crippen molar-refractivity contribution in [2.45, 2.75) is 6.92 Å². The van der Waals surface area contributed by atoms with Gasteiger partial charge in [0.15, 0.2) is 0 Å². The second-order valence-corrected chi connectivity index (χ2v) is 3.36. The van der Waals surface area contributed by atoms with Gasteiger partial charge in [-0.3, -0.25) is 9.78 Å². The van der Waals surface area contributed by atoms with Crippen molar-refractivity contribution in [3.05, 3.63) is 41.9 Å². The molecule has 1 rings (SSSR count). The fourth-order valence-electron chi connectivity index (χ4n) is 0.916. The molecule has 0 aliphatic rings. The molecule has 0 saturated heterocycles. The Hall–Kier alpha value is -1.64. The first kappa shape index (κ1) is 10.4. The Labute approximate surface area is 84.1 Å². The van der Waals surface area contributed by atoms with Crippen LogP contribution in [-0.2, 0) is 0 Å². The molecule has 1 aromatic rings. The smallest absolute Gasteiger partial charge is 0.205 e. The Balaban J connectivity index is 2.75. The summed E-state index contributed by atoms with van der Waals surface area (Å²) in [5.41, 5.74) is 1.53. The lowest BCUT2D eigenvalue weighted by molar-refractivity contribution is 0.104. The lowest BCUT2D eigenvalue weighted by atomic mass is 10.2. The van der Waals surface area contributed by atoms with Gasteiger partial charge in [0.05, 0.1) is 0 Å². The largest absolute Gasteiger partial charge is 0.383 e. The van der Waals surface area contributed by atoms with Crippen LogP contribution in [0.4, 0.5) is 0 Å². The number of pyridine rings is 1. The highest BCUT2D eigenvalue weighted by Gasteiger charge is 2.01. The predicted molar refractivity (Wildman–Crippen MR) is 56.1 cm³/mol. The van der Waals surface area contributed by atoms with Gasteiger partial charge in [0, 0.05) is 32.6 Å². The zero-order chi connectivity index (χ0) is 10.6. The average molecular weight is 190 g/mol. The number of allylic oxidation sites excluding steroid dienone is 1. The molecule has 14 heavy (non-hydrogen) atoms. The van der Waals surface area contributed by atoms with Gasteiger partial charge in [0.2, 0.25) is 5.78 Å². The summed E-state index contributed by atoms with van der Waals surface area (Å²) < 4.78 is 0. The van der Waals surface area contributed by atoms with Crippen molar-refractivity contribution in [3.8, 4) is 0 Å². The van der Waals surface area contributed by atoms with E-state index in [4.69, 9.17) is 0 Å². The molecular weight excluding hydrogens is 176 g/mol. The Bertz CT molecular complexity index is 339. The quantitative estimate of drug-likeness (QED) is 0.536. The maximum atomic E-state index is 11.5. The van der Waals surface area contributed by atoms with Gasteiger partial charge in [0.25, 0.3) is 0 Å². The fraction of sp³-hybridized carbons (Fsp3) is 0.273. The van der Waals surface area contributed by atoms with Crippen LogP contribution in [0, 0.1) is 6.92 Å². The minimum Gasteiger partial charge on any atom is -0.383 e. The van der Waals surface area contributed by atoms with Crippen LogP contribution >= 0.6 is 0 Å². The van der Waals surface area contributed by atoms with Crippen molar-refractivity contribution in [3.63, 3.8) is 0 Å². The van der Waals surface area contributed by atoms with Crippen LogP contribution in [0.3, 0.4) is 0 Å². The number of carbonyl (C=O) groups excluding carboxylic acids is 1. The van der Waals surface area contributed by atoms with E-state index < -0.39 is 0 Å². The van der Waals surface area contributed by atoms with E-state index in [-0.39, 0.29) is 5.78 Å². The molecule has 74 valence electrons. The van der Waals surface area contributed by atoms with Gasteiger partial charge in [-0.05, 0) is 18.6 Å². The molecule has 0 N–H and O–H groups in total. The topological polar surface area (TPSA) is 33.2 Å². The molecule has 0 saturated carbocycles. The number of ketones is 1. The summed E-state index contributed by atoms with van der Waals surface area (Å²) in [7, 11) is 3.73. The minimum absolute atomic E-state index is 0.0706. The number of aryl methyl sites for hydroxylation is 1. The molecule has 0 unspecified atom stereocenters. The molecular formula is C11H14N2O. The Morgan fingerprint density at radius 1 is 1.43 bits per heavy atom. The predicted octanol–water partition coefficient (Wildman–Crippen LogP) is 1.65. The summed E-state index contributed by atoms with van der Waals surface area (Å²) in [5.74, 6) is -0.0706. The summed E-state index contributed by atoms with van der Waals surface area (Å²) >= 11 is 0. The van der Waals surface area contributed by atoms with E-state index in [1.54, 1.807) is 18.5 Å². The first-order valence-electron chi connectivity index (χ1n) is 4.41. The van der Waals surface area contributed by atoms with E-state index in [2.05, 4.69) is 4.98 Å². The SMILES string of the molecule is Cc1ccc(C(=O)C=CN(C)C)nc1. The van der Waals surface area contributed by atoms with E-state index in [0.29, 0.717) is 5.69 Å². The molecule has 0 radical (unpaired) electrons. The molecule has 3 nitrogen and oxygen atoms in total. The lowest BCUT2D eigenvalue weighted by Gasteiger charge is -2.02. The minimum atomic E-state index is -0.0706. The van der Waals surface area contributed by atoms with E-state index in [0.717, 1.165) is 5.56 Å². The second kappa shape index (κ2) is 4.56. The third-order valence-corrected chi connectivity index (χ3v) is 1.69. The van der Waals surface area contributed by atoms with Gasteiger partial charge in [0.1, 0.15) is 5.69 Å². The monoisotopic (exact) mass is 190 g/mol. The summed E-state index contributed by atoms with van der Waals surface area (Å²) in [5, 5.41) is 0. The molecule has 0 aliphatic heterocycles. The molecule has 0 bridgehead atoms. The highest BCUT2D eigenvalue weighted by Crippen LogP contribution is 2.00. The van der Waals surface area contributed by atoms with Crippen molar-refractivity contribution < 1.29 is 4.79 Å². The third kappa shape index (κ3) is 3.01. The van der Waals surface area contributed by atoms with Crippen molar-refractivity contribution in [1.29, 1.82) is 0 Å². The van der Waals surface area contributed by atoms with Gasteiger partial charge < -0.3 is 4.90 Å². The Morgan fingerprint density at radius 3 is 2.64 bits per heavy atom. The first-order valence-corrected chi connectivity index (χ1v) is 4.41. The van der Waals surface area contributed by atoms with Crippen LogP contribution in [0.15, 0.2) is 30.6 Å². The van der Waals surface area contributed by atoms with E-state index in [1.807, 2.05) is 32.0 Å². The maximum absolute atomic E-state index is 11.5. The highest BCUT2D eigenvalue weighted by molar-refractivity contribution is 6.02. The van der Waals surface area contributed by atoms with Gasteiger partial charge >= 0.3 is 0 Å². The lowest BCUT2D eigenvalue weighted by Crippen LogP contribution is -2.04. The molecule has 0 spiro atoms. The van der Waals surface area contributed by atoms with Gasteiger partial charge in [-0.2, -0.15) is 0 Å². The Morgan fingerprint density at radius 2 is 2.14 bits per heavy atom. The number of nitrogens with zero attached hydrogens (tertiary/aromatic N) is 2. The second-order valence-electron chi connectivity index (χ2n) is 3.36. The van der Waals surface area contributed by atoms with Crippen molar-refractivity contribution in [1.82, 2.24) is 9.88 Å². The first-order chi connectivity index (χ1) is 6.59. The molecule has 0 aliphatic carbocycles. The fourth-order valence-corrected chi connectivity index (χ4v) is 0.916. The summed E-state index contributed by atoms with van der Waals surface area (Å²) in [6.07, 6.45) is 4.91. The van der Waals surface area contributed by atoms with Crippen LogP contribution in [-0.4, -0.2) is 29.8 Å². The zero-order valence-electron chi connectivity index (χ0n) is 8.69. The Kier molecular flexibility index (Phi) is 3.40. The number of rotatable bonds is 3. The third-order valence-electron chi connectivity index (χ3n) is 1.69. The zero-order valence-corrected chi connectivity index (χ0v) is 8.69. The highest BCUT2D eigenvalue weighted by atomic mass is 16.1. The molecule has 0 fully saturated rings. The number of hydrogen-bond acceptors (Lipinski definition) is 3. The van der Waals surface area contributed by atoms with Crippen molar-refractivity contribution in [2.75, 3.05) is 14.1 Å². The molecule has 0 aromatic carbocycles. The normalized spacial score (nSPS) is 10.5. The summed E-state index contributed by atoms with van der Waals surface area (Å²) in [6.45, 7) is 1.94. The van der Waals surface area contributed by atoms with E-state index in [9.17, 15) is 4.79 Å². The maximum Gasteiger partial charge on any atom is 0.205 e. The molecule has 1 aromatic heterocycles. The van der Waals surface area contributed by atoms with Crippen molar-refractivity contribution in [2.24, 2.45) is 0 Å². The van der Waals surface area contributed by atoms with E-state index >= 15 is 0 Å². The van der Waals surface area contributed by atoms with Crippen LogP contribution in [0.2, 0.25) is 0 Å². The molecule has 0 atom stereocenters. The number of carbonyl (C=O) groups is 1. The van der Waals surface area contributed by atoms with Gasteiger partial charge in [-0.15, -0.1) is 0 Å².